The third kappa shape index (κ3) is 2.65. The SMILES string of the molecule is COc1cccc(N2C(=O)C(Cl)=C(N3CCc4ccccc4C3)C2=O)c1. The van der Waals surface area contributed by atoms with E-state index in [4.69, 9.17) is 16.3 Å². The molecule has 0 spiro atoms. The molecule has 0 radical (unpaired) electrons. The van der Waals surface area contributed by atoms with Crippen LogP contribution in [0.3, 0.4) is 0 Å². The highest BCUT2D eigenvalue weighted by Crippen LogP contribution is 2.34. The molecule has 2 heterocycles. The van der Waals surface area contributed by atoms with E-state index in [0.717, 1.165) is 16.9 Å². The lowest BCUT2D eigenvalue weighted by molar-refractivity contribution is -0.121. The number of halogens is 1. The quantitative estimate of drug-likeness (QED) is 0.781. The Labute approximate surface area is 156 Å². The minimum absolute atomic E-state index is 0.0304. The van der Waals surface area contributed by atoms with Gasteiger partial charge in [-0.1, -0.05) is 41.9 Å². The minimum Gasteiger partial charge on any atom is -0.497 e. The fraction of sp³-hybridized carbons (Fsp3) is 0.200. The van der Waals surface area contributed by atoms with Gasteiger partial charge in [0.15, 0.2) is 0 Å². The number of imide groups is 1. The van der Waals surface area contributed by atoms with Gasteiger partial charge in [0.25, 0.3) is 11.8 Å². The van der Waals surface area contributed by atoms with Gasteiger partial charge in [-0.25, -0.2) is 4.90 Å². The Morgan fingerprint density at radius 1 is 1.00 bits per heavy atom. The molecular formula is C20H17ClN2O3. The molecule has 4 rings (SSSR count). The molecule has 0 saturated heterocycles. The largest absolute Gasteiger partial charge is 0.497 e. The number of ether oxygens (including phenoxy) is 1. The summed E-state index contributed by atoms with van der Waals surface area (Å²) in [5, 5.41) is -0.0304. The molecule has 26 heavy (non-hydrogen) atoms. The fourth-order valence-corrected chi connectivity index (χ4v) is 3.72. The first-order valence-corrected chi connectivity index (χ1v) is 8.72. The summed E-state index contributed by atoms with van der Waals surface area (Å²) in [7, 11) is 1.54. The van der Waals surface area contributed by atoms with Gasteiger partial charge in [-0.15, -0.1) is 0 Å². The number of fused-ring (bicyclic) bond motifs is 1. The molecule has 0 atom stereocenters. The lowest BCUT2D eigenvalue weighted by Crippen LogP contribution is -2.37. The summed E-state index contributed by atoms with van der Waals surface area (Å²) in [5.41, 5.74) is 3.14. The van der Waals surface area contributed by atoms with Gasteiger partial charge in [-0.2, -0.15) is 0 Å². The standard InChI is InChI=1S/C20H17ClN2O3/c1-26-16-8-4-7-15(11-16)23-19(24)17(21)18(20(23)25)22-10-9-13-5-2-3-6-14(13)12-22/h2-8,11H,9-10,12H2,1H3. The Morgan fingerprint density at radius 2 is 1.77 bits per heavy atom. The van der Waals surface area contributed by atoms with E-state index in [1.54, 1.807) is 24.3 Å². The molecule has 2 amide bonds. The molecular weight excluding hydrogens is 352 g/mol. The molecule has 6 heteroatoms. The minimum atomic E-state index is -0.501. The number of carbonyl (C=O) groups is 2. The van der Waals surface area contributed by atoms with Crippen molar-refractivity contribution >= 4 is 29.1 Å². The van der Waals surface area contributed by atoms with Gasteiger partial charge < -0.3 is 9.64 Å². The van der Waals surface area contributed by atoms with Gasteiger partial charge in [0.2, 0.25) is 0 Å². The van der Waals surface area contributed by atoms with Crippen molar-refractivity contribution in [2.75, 3.05) is 18.6 Å². The maximum absolute atomic E-state index is 13.0. The first-order valence-electron chi connectivity index (χ1n) is 8.34. The number of benzene rings is 2. The van der Waals surface area contributed by atoms with Gasteiger partial charge in [0.05, 0.1) is 12.8 Å². The number of hydrogen-bond acceptors (Lipinski definition) is 4. The lowest BCUT2D eigenvalue weighted by Gasteiger charge is -2.31. The Hall–Kier alpha value is -2.79. The summed E-state index contributed by atoms with van der Waals surface area (Å²) < 4.78 is 5.19. The highest BCUT2D eigenvalue weighted by atomic mass is 35.5. The normalized spacial score (nSPS) is 17.0. The number of amides is 2. The van der Waals surface area contributed by atoms with Crippen LogP contribution in [-0.2, 0) is 22.6 Å². The summed E-state index contributed by atoms with van der Waals surface area (Å²) in [6.45, 7) is 1.21. The number of hydrogen-bond donors (Lipinski definition) is 0. The number of rotatable bonds is 3. The second kappa shape index (κ2) is 6.50. The van der Waals surface area contributed by atoms with E-state index < -0.39 is 11.8 Å². The Kier molecular flexibility index (Phi) is 4.17. The molecule has 0 N–H and O–H groups in total. The topological polar surface area (TPSA) is 49.9 Å². The van der Waals surface area contributed by atoms with E-state index in [2.05, 4.69) is 6.07 Å². The smallest absolute Gasteiger partial charge is 0.283 e. The molecule has 2 aliphatic heterocycles. The zero-order valence-electron chi connectivity index (χ0n) is 14.2. The molecule has 132 valence electrons. The summed E-state index contributed by atoms with van der Waals surface area (Å²) in [6.07, 6.45) is 0.810. The van der Waals surface area contributed by atoms with Crippen LogP contribution >= 0.6 is 11.6 Å². The van der Waals surface area contributed by atoms with Crippen LogP contribution in [0.1, 0.15) is 11.1 Å². The zero-order valence-corrected chi connectivity index (χ0v) is 15.0. The summed E-state index contributed by atoms with van der Waals surface area (Å²) >= 11 is 6.30. The van der Waals surface area contributed by atoms with Gasteiger partial charge >= 0.3 is 0 Å². The van der Waals surface area contributed by atoms with Crippen LogP contribution in [0, 0.1) is 0 Å². The number of nitrogens with zero attached hydrogens (tertiary/aromatic N) is 2. The van der Waals surface area contributed by atoms with Crippen LogP contribution in [0.2, 0.25) is 0 Å². The Bertz CT molecular complexity index is 938. The molecule has 0 unspecified atom stereocenters. The third-order valence-electron chi connectivity index (χ3n) is 4.76. The van der Waals surface area contributed by atoms with Crippen molar-refractivity contribution in [2.45, 2.75) is 13.0 Å². The van der Waals surface area contributed by atoms with Crippen LogP contribution < -0.4 is 9.64 Å². The Morgan fingerprint density at radius 3 is 2.54 bits per heavy atom. The highest BCUT2D eigenvalue weighted by molar-refractivity contribution is 6.52. The van der Waals surface area contributed by atoms with E-state index in [9.17, 15) is 9.59 Å². The van der Waals surface area contributed by atoms with E-state index in [1.165, 1.54) is 12.7 Å². The number of methoxy groups -OCH3 is 1. The van der Waals surface area contributed by atoms with Crippen molar-refractivity contribution in [3.63, 3.8) is 0 Å². The number of carbonyl (C=O) groups excluding carboxylic acids is 2. The van der Waals surface area contributed by atoms with E-state index in [-0.39, 0.29) is 10.7 Å². The Balaban J connectivity index is 1.66. The second-order valence-corrected chi connectivity index (χ2v) is 6.63. The summed E-state index contributed by atoms with van der Waals surface area (Å²) in [5.74, 6) is -0.328. The van der Waals surface area contributed by atoms with Crippen molar-refractivity contribution in [1.29, 1.82) is 0 Å². The van der Waals surface area contributed by atoms with Crippen LogP contribution in [0.25, 0.3) is 0 Å². The fourth-order valence-electron chi connectivity index (χ4n) is 3.44. The predicted molar refractivity (Wildman–Crippen MR) is 98.9 cm³/mol. The van der Waals surface area contributed by atoms with Gasteiger partial charge in [0, 0.05) is 19.2 Å². The van der Waals surface area contributed by atoms with Crippen molar-refractivity contribution in [1.82, 2.24) is 4.90 Å². The maximum Gasteiger partial charge on any atom is 0.283 e. The molecule has 0 saturated carbocycles. The summed E-state index contributed by atoms with van der Waals surface area (Å²) in [4.78, 5) is 28.7. The average molecular weight is 369 g/mol. The lowest BCUT2D eigenvalue weighted by atomic mass is 9.99. The molecule has 0 aromatic heterocycles. The van der Waals surface area contributed by atoms with Gasteiger partial charge in [-0.3, -0.25) is 9.59 Å². The van der Waals surface area contributed by atoms with E-state index in [1.807, 2.05) is 23.1 Å². The van der Waals surface area contributed by atoms with Crippen LogP contribution in [0.5, 0.6) is 5.75 Å². The van der Waals surface area contributed by atoms with Crippen molar-refractivity contribution in [3.05, 3.63) is 70.4 Å². The van der Waals surface area contributed by atoms with Gasteiger partial charge in [0.1, 0.15) is 16.5 Å². The van der Waals surface area contributed by atoms with Crippen molar-refractivity contribution < 1.29 is 14.3 Å². The zero-order chi connectivity index (χ0) is 18.3. The van der Waals surface area contributed by atoms with E-state index in [0.29, 0.717) is 24.5 Å². The van der Waals surface area contributed by atoms with E-state index >= 15 is 0 Å². The van der Waals surface area contributed by atoms with Crippen molar-refractivity contribution in [3.8, 4) is 5.75 Å². The molecule has 2 aromatic rings. The maximum atomic E-state index is 13.0. The molecule has 5 nitrogen and oxygen atoms in total. The third-order valence-corrected chi connectivity index (χ3v) is 5.10. The number of anilines is 1. The molecule has 0 aliphatic carbocycles. The molecule has 2 aliphatic rings. The monoisotopic (exact) mass is 368 g/mol. The average Bonchev–Trinajstić information content (AvgIpc) is 2.90. The van der Waals surface area contributed by atoms with Crippen LogP contribution in [-0.4, -0.2) is 30.4 Å². The van der Waals surface area contributed by atoms with Gasteiger partial charge in [-0.05, 0) is 29.7 Å². The van der Waals surface area contributed by atoms with Crippen LogP contribution in [0.4, 0.5) is 5.69 Å². The van der Waals surface area contributed by atoms with Crippen molar-refractivity contribution in [2.24, 2.45) is 0 Å². The van der Waals surface area contributed by atoms with Crippen LogP contribution in [0.15, 0.2) is 59.3 Å². The summed E-state index contributed by atoms with van der Waals surface area (Å²) in [6, 6.07) is 14.9. The molecule has 2 aromatic carbocycles. The predicted octanol–water partition coefficient (Wildman–Crippen LogP) is 3.08. The first-order chi connectivity index (χ1) is 12.6. The first kappa shape index (κ1) is 16.7. The molecule has 0 bridgehead atoms. The highest BCUT2D eigenvalue weighted by Gasteiger charge is 2.42. The molecule has 0 fully saturated rings. The second-order valence-electron chi connectivity index (χ2n) is 6.25.